The molecule has 1 unspecified atom stereocenters. The third-order valence-corrected chi connectivity index (χ3v) is 2.41. The molecule has 86 valence electrons. The summed E-state index contributed by atoms with van der Waals surface area (Å²) in [6, 6.07) is 10.4. The number of hydrazone groups is 1. The molecule has 0 aliphatic carbocycles. The van der Waals surface area contributed by atoms with Crippen molar-refractivity contribution in [3.05, 3.63) is 48.0 Å². The van der Waals surface area contributed by atoms with Crippen molar-refractivity contribution in [1.29, 1.82) is 0 Å². The molecular weight excluding hydrogens is 196 g/mol. The van der Waals surface area contributed by atoms with Gasteiger partial charge in [0.15, 0.2) is 0 Å². The fourth-order valence-corrected chi connectivity index (χ4v) is 1.44. The summed E-state index contributed by atoms with van der Waals surface area (Å²) in [5.41, 5.74) is 2.47. The van der Waals surface area contributed by atoms with Gasteiger partial charge in [0.25, 0.3) is 0 Å². The van der Waals surface area contributed by atoms with Crippen molar-refractivity contribution in [1.82, 2.24) is 5.01 Å². The predicted octanol–water partition coefficient (Wildman–Crippen LogP) is 2.97. The summed E-state index contributed by atoms with van der Waals surface area (Å²) in [5.74, 6) is 0.310. The third kappa shape index (κ3) is 4.30. The Balaban J connectivity index is 2.69. The normalized spacial score (nSPS) is 12.7. The second-order valence-corrected chi connectivity index (χ2v) is 4.25. The third-order valence-electron chi connectivity index (χ3n) is 2.41. The summed E-state index contributed by atoms with van der Waals surface area (Å²) in [6.45, 7) is 6.07. The van der Waals surface area contributed by atoms with Crippen LogP contribution in [0.5, 0.6) is 0 Å². The quantitative estimate of drug-likeness (QED) is 0.420. The molecule has 1 atom stereocenters. The van der Waals surface area contributed by atoms with Crippen molar-refractivity contribution < 1.29 is 0 Å². The molecule has 0 fully saturated rings. The van der Waals surface area contributed by atoms with E-state index in [0.717, 1.165) is 12.0 Å². The second-order valence-electron chi connectivity index (χ2n) is 4.25. The van der Waals surface area contributed by atoms with Crippen molar-refractivity contribution in [2.75, 3.05) is 14.1 Å². The first kappa shape index (κ1) is 12.5. The zero-order valence-corrected chi connectivity index (χ0v) is 10.4. The van der Waals surface area contributed by atoms with Crippen molar-refractivity contribution in [2.24, 2.45) is 11.0 Å². The molecule has 0 N–H and O–H groups in total. The van der Waals surface area contributed by atoms with Crippen LogP contribution in [-0.2, 0) is 6.42 Å². The minimum Gasteiger partial charge on any atom is -0.303 e. The highest BCUT2D eigenvalue weighted by atomic mass is 15.4. The Hall–Kier alpha value is -1.57. The topological polar surface area (TPSA) is 15.6 Å². The SMILES string of the molecule is C=C(C)C(/C=N/N(C)C)Cc1ccccc1. The summed E-state index contributed by atoms with van der Waals surface area (Å²) in [4.78, 5) is 0. The Morgan fingerprint density at radius 3 is 2.50 bits per heavy atom. The van der Waals surface area contributed by atoms with Crippen LogP contribution in [0.15, 0.2) is 47.6 Å². The molecular formula is C14H20N2. The van der Waals surface area contributed by atoms with E-state index in [0.29, 0.717) is 5.92 Å². The lowest BCUT2D eigenvalue weighted by Crippen LogP contribution is -2.11. The van der Waals surface area contributed by atoms with Gasteiger partial charge in [-0.25, -0.2) is 0 Å². The van der Waals surface area contributed by atoms with E-state index in [-0.39, 0.29) is 0 Å². The smallest absolute Gasteiger partial charge is 0.0319 e. The first-order valence-corrected chi connectivity index (χ1v) is 5.50. The maximum Gasteiger partial charge on any atom is 0.0319 e. The Bertz CT molecular complexity index is 352. The van der Waals surface area contributed by atoms with Gasteiger partial charge in [0.2, 0.25) is 0 Å². The fourth-order valence-electron chi connectivity index (χ4n) is 1.44. The molecule has 1 rings (SSSR count). The molecule has 0 spiro atoms. The fraction of sp³-hybridized carbons (Fsp3) is 0.357. The molecule has 2 heteroatoms. The number of benzene rings is 1. The van der Waals surface area contributed by atoms with E-state index in [1.54, 1.807) is 5.01 Å². The van der Waals surface area contributed by atoms with Crippen LogP contribution >= 0.6 is 0 Å². The molecule has 0 aliphatic heterocycles. The Kier molecular flexibility index (Phi) is 4.77. The largest absolute Gasteiger partial charge is 0.303 e. The molecule has 0 radical (unpaired) electrons. The van der Waals surface area contributed by atoms with Crippen LogP contribution in [0.25, 0.3) is 0 Å². The van der Waals surface area contributed by atoms with Gasteiger partial charge in [-0.05, 0) is 18.9 Å². The molecule has 16 heavy (non-hydrogen) atoms. The minimum absolute atomic E-state index is 0.310. The molecule has 0 aromatic heterocycles. The van der Waals surface area contributed by atoms with Gasteiger partial charge in [-0.2, -0.15) is 5.10 Å². The molecule has 0 bridgehead atoms. The monoisotopic (exact) mass is 216 g/mol. The summed E-state index contributed by atoms with van der Waals surface area (Å²) < 4.78 is 0. The zero-order chi connectivity index (χ0) is 12.0. The highest BCUT2D eigenvalue weighted by Crippen LogP contribution is 2.13. The maximum atomic E-state index is 4.29. The first-order valence-electron chi connectivity index (χ1n) is 5.50. The summed E-state index contributed by atoms with van der Waals surface area (Å²) in [6.07, 6.45) is 2.93. The molecule has 0 saturated heterocycles. The van der Waals surface area contributed by atoms with E-state index >= 15 is 0 Å². The van der Waals surface area contributed by atoms with E-state index < -0.39 is 0 Å². The van der Waals surface area contributed by atoms with Gasteiger partial charge in [0.05, 0.1) is 0 Å². The number of allylic oxidation sites excluding steroid dienone is 1. The van der Waals surface area contributed by atoms with Gasteiger partial charge in [-0.3, -0.25) is 0 Å². The van der Waals surface area contributed by atoms with E-state index in [1.807, 2.05) is 26.4 Å². The number of hydrogen-bond donors (Lipinski definition) is 0. The summed E-state index contributed by atoms with van der Waals surface area (Å²) in [5, 5.41) is 6.10. The van der Waals surface area contributed by atoms with E-state index in [2.05, 4.69) is 42.9 Å². The summed E-state index contributed by atoms with van der Waals surface area (Å²) >= 11 is 0. The molecule has 0 aliphatic rings. The number of hydrogen-bond acceptors (Lipinski definition) is 2. The average molecular weight is 216 g/mol. The Morgan fingerprint density at radius 1 is 1.38 bits per heavy atom. The van der Waals surface area contributed by atoms with Crippen molar-refractivity contribution >= 4 is 6.21 Å². The van der Waals surface area contributed by atoms with Gasteiger partial charge in [0.1, 0.15) is 0 Å². The van der Waals surface area contributed by atoms with Crippen molar-refractivity contribution in [3.8, 4) is 0 Å². The second kappa shape index (κ2) is 6.11. The molecule has 1 aromatic rings. The highest BCUT2D eigenvalue weighted by Gasteiger charge is 2.07. The zero-order valence-electron chi connectivity index (χ0n) is 10.4. The molecule has 1 aromatic carbocycles. The van der Waals surface area contributed by atoms with Crippen LogP contribution in [-0.4, -0.2) is 25.3 Å². The Morgan fingerprint density at radius 2 is 2.00 bits per heavy atom. The molecule has 0 heterocycles. The van der Waals surface area contributed by atoms with E-state index in [1.165, 1.54) is 5.56 Å². The van der Waals surface area contributed by atoms with Gasteiger partial charge < -0.3 is 5.01 Å². The minimum atomic E-state index is 0.310. The summed E-state index contributed by atoms with van der Waals surface area (Å²) in [7, 11) is 3.85. The van der Waals surface area contributed by atoms with Crippen molar-refractivity contribution in [3.63, 3.8) is 0 Å². The van der Waals surface area contributed by atoms with Gasteiger partial charge in [-0.15, -0.1) is 0 Å². The predicted molar refractivity (Wildman–Crippen MR) is 70.6 cm³/mol. The number of rotatable bonds is 5. The molecule has 0 amide bonds. The van der Waals surface area contributed by atoms with E-state index in [4.69, 9.17) is 0 Å². The lowest BCUT2D eigenvalue weighted by Gasteiger charge is -2.13. The first-order chi connectivity index (χ1) is 7.59. The lowest BCUT2D eigenvalue weighted by atomic mass is 9.95. The van der Waals surface area contributed by atoms with Crippen LogP contribution in [0.3, 0.4) is 0 Å². The van der Waals surface area contributed by atoms with Gasteiger partial charge in [-0.1, -0.05) is 42.5 Å². The standard InChI is InChI=1S/C14H20N2/c1-12(2)14(11-15-16(3)4)10-13-8-6-5-7-9-13/h5-9,11,14H,1,10H2,2-4H3/b15-11+. The van der Waals surface area contributed by atoms with E-state index in [9.17, 15) is 0 Å². The number of nitrogens with zero attached hydrogens (tertiary/aromatic N) is 2. The lowest BCUT2D eigenvalue weighted by molar-refractivity contribution is 0.437. The van der Waals surface area contributed by atoms with Crippen molar-refractivity contribution in [2.45, 2.75) is 13.3 Å². The van der Waals surface area contributed by atoms with Crippen LogP contribution in [0.1, 0.15) is 12.5 Å². The molecule has 2 nitrogen and oxygen atoms in total. The maximum absolute atomic E-state index is 4.29. The van der Waals surface area contributed by atoms with Gasteiger partial charge >= 0.3 is 0 Å². The highest BCUT2D eigenvalue weighted by molar-refractivity contribution is 5.64. The van der Waals surface area contributed by atoms with Crippen LogP contribution in [0.2, 0.25) is 0 Å². The van der Waals surface area contributed by atoms with Crippen LogP contribution < -0.4 is 0 Å². The van der Waals surface area contributed by atoms with Gasteiger partial charge in [0, 0.05) is 26.2 Å². The average Bonchev–Trinajstić information content (AvgIpc) is 2.25. The van der Waals surface area contributed by atoms with Crippen LogP contribution in [0, 0.1) is 5.92 Å². The Labute approximate surface area is 98.3 Å². The van der Waals surface area contributed by atoms with Crippen LogP contribution in [0.4, 0.5) is 0 Å². The molecule has 0 saturated carbocycles.